The van der Waals surface area contributed by atoms with E-state index < -0.39 is 0 Å². The SMILES string of the molecule is CCCc1ccc(C(CSc2nc(C)c(C)o2)NC)cc1. The molecule has 3 nitrogen and oxygen atoms in total. The lowest BCUT2D eigenvalue weighted by Gasteiger charge is -2.15. The molecule has 0 aliphatic rings. The highest BCUT2D eigenvalue weighted by Gasteiger charge is 2.13. The molecule has 0 amide bonds. The van der Waals surface area contributed by atoms with Crippen molar-refractivity contribution in [2.75, 3.05) is 12.8 Å². The fraction of sp³-hybridized carbons (Fsp3) is 0.471. The Labute approximate surface area is 131 Å². The van der Waals surface area contributed by atoms with Gasteiger partial charge in [0.2, 0.25) is 0 Å². The molecule has 1 aromatic heterocycles. The smallest absolute Gasteiger partial charge is 0.256 e. The minimum atomic E-state index is 0.304. The first-order valence-corrected chi connectivity index (χ1v) is 8.45. The number of hydrogen-bond donors (Lipinski definition) is 1. The first kappa shape index (κ1) is 16.1. The minimum Gasteiger partial charge on any atom is -0.437 e. The van der Waals surface area contributed by atoms with Crippen LogP contribution in [0.4, 0.5) is 0 Å². The number of hydrogen-bond acceptors (Lipinski definition) is 4. The number of nitrogens with one attached hydrogen (secondary N) is 1. The second kappa shape index (κ2) is 7.66. The van der Waals surface area contributed by atoms with Crippen molar-refractivity contribution >= 4 is 11.8 Å². The molecule has 21 heavy (non-hydrogen) atoms. The molecule has 4 heteroatoms. The van der Waals surface area contributed by atoms with E-state index in [0.717, 1.165) is 28.9 Å². The molecule has 1 heterocycles. The number of aromatic nitrogens is 1. The number of rotatable bonds is 7. The van der Waals surface area contributed by atoms with Gasteiger partial charge in [0.05, 0.1) is 5.69 Å². The third kappa shape index (κ3) is 4.35. The predicted molar refractivity (Wildman–Crippen MR) is 88.9 cm³/mol. The van der Waals surface area contributed by atoms with E-state index in [9.17, 15) is 0 Å². The van der Waals surface area contributed by atoms with Crippen LogP contribution in [0, 0.1) is 13.8 Å². The van der Waals surface area contributed by atoms with Crippen LogP contribution in [-0.2, 0) is 6.42 Å². The molecule has 0 bridgehead atoms. The maximum Gasteiger partial charge on any atom is 0.256 e. The second-order valence-corrected chi connectivity index (χ2v) is 6.24. The highest BCUT2D eigenvalue weighted by atomic mass is 32.2. The van der Waals surface area contributed by atoms with Crippen molar-refractivity contribution in [1.29, 1.82) is 0 Å². The lowest BCUT2D eigenvalue weighted by molar-refractivity contribution is 0.430. The van der Waals surface area contributed by atoms with E-state index in [2.05, 4.69) is 41.5 Å². The van der Waals surface area contributed by atoms with Gasteiger partial charge in [0, 0.05) is 11.8 Å². The molecule has 1 unspecified atom stereocenters. The number of thioether (sulfide) groups is 1. The Morgan fingerprint density at radius 2 is 1.95 bits per heavy atom. The molecular weight excluding hydrogens is 280 g/mol. The molecule has 2 aromatic rings. The first-order valence-electron chi connectivity index (χ1n) is 7.47. The zero-order valence-electron chi connectivity index (χ0n) is 13.3. The first-order chi connectivity index (χ1) is 10.1. The highest BCUT2D eigenvalue weighted by molar-refractivity contribution is 7.99. The molecule has 0 saturated heterocycles. The number of nitrogens with zero attached hydrogens (tertiary/aromatic N) is 1. The van der Waals surface area contributed by atoms with Gasteiger partial charge in [-0.15, -0.1) is 0 Å². The second-order valence-electron chi connectivity index (χ2n) is 5.27. The van der Waals surface area contributed by atoms with Gasteiger partial charge >= 0.3 is 0 Å². The van der Waals surface area contributed by atoms with Crippen molar-refractivity contribution in [2.45, 2.75) is 44.9 Å². The van der Waals surface area contributed by atoms with E-state index in [1.165, 1.54) is 17.5 Å². The standard InChI is InChI=1S/C17H24N2OS/c1-5-6-14-7-9-15(10-8-14)16(18-4)11-21-17-19-12(2)13(3)20-17/h7-10,16,18H,5-6,11H2,1-4H3. The number of benzene rings is 1. The zero-order valence-corrected chi connectivity index (χ0v) is 14.1. The van der Waals surface area contributed by atoms with Crippen molar-refractivity contribution in [3.8, 4) is 0 Å². The van der Waals surface area contributed by atoms with E-state index in [-0.39, 0.29) is 0 Å². The summed E-state index contributed by atoms with van der Waals surface area (Å²) in [6.07, 6.45) is 2.33. The summed E-state index contributed by atoms with van der Waals surface area (Å²) in [6, 6.07) is 9.20. The van der Waals surface area contributed by atoms with Crippen LogP contribution in [-0.4, -0.2) is 17.8 Å². The number of aryl methyl sites for hydroxylation is 3. The molecule has 0 spiro atoms. The van der Waals surface area contributed by atoms with E-state index >= 15 is 0 Å². The minimum absolute atomic E-state index is 0.304. The van der Waals surface area contributed by atoms with Crippen LogP contribution in [0.25, 0.3) is 0 Å². The van der Waals surface area contributed by atoms with E-state index in [1.54, 1.807) is 11.8 Å². The largest absolute Gasteiger partial charge is 0.437 e. The third-order valence-electron chi connectivity index (χ3n) is 3.65. The van der Waals surface area contributed by atoms with E-state index in [4.69, 9.17) is 4.42 Å². The summed E-state index contributed by atoms with van der Waals surface area (Å²) in [7, 11) is 2.00. The summed E-state index contributed by atoms with van der Waals surface area (Å²) in [5.74, 6) is 1.81. The monoisotopic (exact) mass is 304 g/mol. The summed E-state index contributed by atoms with van der Waals surface area (Å²) in [5, 5.41) is 4.13. The van der Waals surface area contributed by atoms with Crippen LogP contribution in [0.1, 0.15) is 42.0 Å². The highest BCUT2D eigenvalue weighted by Crippen LogP contribution is 2.25. The molecule has 0 fully saturated rings. The summed E-state index contributed by atoms with van der Waals surface area (Å²) in [5.41, 5.74) is 3.69. The van der Waals surface area contributed by atoms with Crippen LogP contribution >= 0.6 is 11.8 Å². The average Bonchev–Trinajstić information content (AvgIpc) is 2.80. The third-order valence-corrected chi connectivity index (χ3v) is 4.57. The Hall–Kier alpha value is -1.26. The van der Waals surface area contributed by atoms with Gasteiger partial charge in [0.25, 0.3) is 5.22 Å². The molecule has 1 aromatic carbocycles. The molecule has 1 N–H and O–H groups in total. The molecule has 0 radical (unpaired) electrons. The van der Waals surface area contributed by atoms with Crippen LogP contribution in [0.3, 0.4) is 0 Å². The van der Waals surface area contributed by atoms with Gasteiger partial charge in [-0.1, -0.05) is 49.4 Å². The molecular formula is C17H24N2OS. The van der Waals surface area contributed by atoms with Gasteiger partial charge in [-0.3, -0.25) is 0 Å². The predicted octanol–water partition coefficient (Wildman–Crippen LogP) is 4.30. The van der Waals surface area contributed by atoms with Gasteiger partial charge < -0.3 is 9.73 Å². The Morgan fingerprint density at radius 1 is 1.24 bits per heavy atom. The van der Waals surface area contributed by atoms with Crippen LogP contribution < -0.4 is 5.32 Å². The van der Waals surface area contributed by atoms with Crippen LogP contribution in [0.5, 0.6) is 0 Å². The molecule has 0 saturated carbocycles. The molecule has 114 valence electrons. The lowest BCUT2D eigenvalue weighted by atomic mass is 10.0. The summed E-state index contributed by atoms with van der Waals surface area (Å²) in [6.45, 7) is 6.14. The average molecular weight is 304 g/mol. The fourth-order valence-electron chi connectivity index (χ4n) is 2.21. The zero-order chi connectivity index (χ0) is 15.2. The van der Waals surface area contributed by atoms with Crippen LogP contribution in [0.2, 0.25) is 0 Å². The molecule has 1 atom stereocenters. The fourth-order valence-corrected chi connectivity index (χ4v) is 3.26. The van der Waals surface area contributed by atoms with Gasteiger partial charge in [-0.05, 0) is 38.4 Å². The maximum atomic E-state index is 5.62. The quantitative estimate of drug-likeness (QED) is 0.774. The summed E-state index contributed by atoms with van der Waals surface area (Å²) >= 11 is 1.66. The Bertz CT molecular complexity index is 543. The van der Waals surface area contributed by atoms with Crippen molar-refractivity contribution < 1.29 is 4.42 Å². The Kier molecular flexibility index (Phi) is 5.88. The van der Waals surface area contributed by atoms with E-state index in [0.29, 0.717) is 6.04 Å². The Balaban J connectivity index is 1.98. The summed E-state index contributed by atoms with van der Waals surface area (Å²) < 4.78 is 5.62. The van der Waals surface area contributed by atoms with E-state index in [1.807, 2.05) is 20.9 Å². The van der Waals surface area contributed by atoms with Gasteiger partial charge in [0.15, 0.2) is 0 Å². The lowest BCUT2D eigenvalue weighted by Crippen LogP contribution is -2.18. The van der Waals surface area contributed by atoms with Crippen molar-refractivity contribution in [1.82, 2.24) is 10.3 Å². The van der Waals surface area contributed by atoms with Gasteiger partial charge in [-0.25, -0.2) is 4.98 Å². The molecule has 0 aliphatic carbocycles. The summed E-state index contributed by atoms with van der Waals surface area (Å²) in [4.78, 5) is 4.42. The molecule has 2 rings (SSSR count). The van der Waals surface area contributed by atoms with Gasteiger partial charge in [0.1, 0.15) is 5.76 Å². The normalized spacial score (nSPS) is 12.6. The number of oxazole rings is 1. The van der Waals surface area contributed by atoms with Gasteiger partial charge in [-0.2, -0.15) is 0 Å². The Morgan fingerprint density at radius 3 is 2.48 bits per heavy atom. The van der Waals surface area contributed by atoms with Crippen molar-refractivity contribution in [3.63, 3.8) is 0 Å². The van der Waals surface area contributed by atoms with Crippen molar-refractivity contribution in [2.24, 2.45) is 0 Å². The van der Waals surface area contributed by atoms with Crippen LogP contribution in [0.15, 0.2) is 33.9 Å². The maximum absolute atomic E-state index is 5.62. The van der Waals surface area contributed by atoms with Crippen molar-refractivity contribution in [3.05, 3.63) is 46.8 Å². The molecule has 0 aliphatic heterocycles. The topological polar surface area (TPSA) is 38.1 Å².